The van der Waals surface area contributed by atoms with Crippen LogP contribution in [0.3, 0.4) is 0 Å². The third kappa shape index (κ3) is 38.0. The summed E-state index contributed by atoms with van der Waals surface area (Å²) in [6, 6.07) is 0. The van der Waals surface area contributed by atoms with E-state index in [9.17, 15) is 14.4 Å². The minimum atomic E-state index is -1.02. The van der Waals surface area contributed by atoms with Crippen molar-refractivity contribution in [1.82, 2.24) is 5.32 Å². The van der Waals surface area contributed by atoms with Crippen LogP contribution in [0.4, 0.5) is 0 Å². The maximum atomic E-state index is 12.7. The summed E-state index contributed by atoms with van der Waals surface area (Å²) in [5.41, 5.74) is 0. The molecule has 0 aliphatic heterocycles. The highest BCUT2D eigenvalue weighted by Gasteiger charge is 2.14. The molecule has 0 rings (SSSR count). The molecule has 0 aromatic heterocycles. The van der Waals surface area contributed by atoms with Crippen LogP contribution in [0.15, 0.2) is 48.6 Å². The van der Waals surface area contributed by atoms with Crippen LogP contribution >= 0.6 is 0 Å². The molecule has 1 amide bonds. The molecule has 0 heterocycles. The zero-order chi connectivity index (χ0) is 35.9. The number of esters is 1. The minimum Gasteiger partial charge on any atom is -0.480 e. The van der Waals surface area contributed by atoms with Gasteiger partial charge in [-0.1, -0.05) is 165 Å². The van der Waals surface area contributed by atoms with Crippen LogP contribution in [-0.2, 0) is 19.1 Å². The lowest BCUT2D eigenvalue weighted by atomic mass is 10.0. The molecular weight excluding hydrogens is 610 g/mol. The van der Waals surface area contributed by atoms with E-state index in [0.717, 1.165) is 77.0 Å². The van der Waals surface area contributed by atoms with Crippen LogP contribution in [0.5, 0.6) is 0 Å². The van der Waals surface area contributed by atoms with E-state index in [1.807, 2.05) is 0 Å². The van der Waals surface area contributed by atoms with Crippen molar-refractivity contribution in [2.24, 2.45) is 0 Å². The summed E-state index contributed by atoms with van der Waals surface area (Å²) in [5, 5.41) is 11.1. The van der Waals surface area contributed by atoms with E-state index < -0.39 is 5.97 Å². The van der Waals surface area contributed by atoms with Crippen molar-refractivity contribution in [3.8, 4) is 0 Å². The number of carboxylic acid groups (broad SMARTS) is 1. The second kappa shape index (κ2) is 38.2. The number of amides is 1. The highest BCUT2D eigenvalue weighted by atomic mass is 16.5. The van der Waals surface area contributed by atoms with E-state index in [4.69, 9.17) is 9.84 Å². The number of unbranched alkanes of at least 4 members (excludes halogenated alkanes) is 17. The van der Waals surface area contributed by atoms with Gasteiger partial charge in [0.25, 0.3) is 0 Å². The molecule has 0 saturated carbocycles. The smallest absolute Gasteiger partial charge is 0.322 e. The summed E-state index contributed by atoms with van der Waals surface area (Å²) in [4.78, 5) is 34.9. The van der Waals surface area contributed by atoms with Crippen LogP contribution in [0.2, 0.25) is 0 Å². The van der Waals surface area contributed by atoms with Gasteiger partial charge in [0.15, 0.2) is 0 Å². The predicted molar refractivity (Wildman–Crippen MR) is 208 cm³/mol. The number of allylic oxidation sites excluding steroid dienone is 8. The molecule has 0 spiro atoms. The molecule has 282 valence electrons. The number of hydrogen-bond donors (Lipinski definition) is 2. The first-order valence-corrected chi connectivity index (χ1v) is 20.3. The highest BCUT2D eigenvalue weighted by molar-refractivity contribution is 5.80. The molecule has 0 aliphatic carbocycles. The van der Waals surface area contributed by atoms with Gasteiger partial charge in [0, 0.05) is 12.8 Å². The number of hydrogen-bond acceptors (Lipinski definition) is 4. The molecule has 2 N–H and O–H groups in total. The first-order chi connectivity index (χ1) is 24.0. The molecule has 1 unspecified atom stereocenters. The Balaban J connectivity index is 4.29. The van der Waals surface area contributed by atoms with Crippen LogP contribution in [-0.4, -0.2) is 35.6 Å². The largest absolute Gasteiger partial charge is 0.480 e. The van der Waals surface area contributed by atoms with Gasteiger partial charge in [-0.25, -0.2) is 0 Å². The fourth-order valence-electron chi connectivity index (χ4n) is 5.82. The minimum absolute atomic E-state index is 0.0101. The summed E-state index contributed by atoms with van der Waals surface area (Å²) < 4.78 is 5.98. The van der Waals surface area contributed by atoms with Crippen LogP contribution < -0.4 is 5.32 Å². The molecule has 0 radical (unpaired) electrons. The number of nitrogens with one attached hydrogen (secondary N) is 1. The first kappa shape index (κ1) is 46.4. The van der Waals surface area contributed by atoms with Crippen molar-refractivity contribution in [2.75, 3.05) is 6.54 Å². The number of rotatable bonds is 36. The Morgan fingerprint density at radius 1 is 0.551 bits per heavy atom. The van der Waals surface area contributed by atoms with Gasteiger partial charge in [0.1, 0.15) is 12.6 Å². The van der Waals surface area contributed by atoms with E-state index >= 15 is 0 Å². The zero-order valence-corrected chi connectivity index (χ0v) is 31.8. The van der Waals surface area contributed by atoms with E-state index in [0.29, 0.717) is 19.3 Å². The summed E-state index contributed by atoms with van der Waals surface area (Å²) in [5.74, 6) is -1.31. The summed E-state index contributed by atoms with van der Waals surface area (Å²) in [6.07, 6.45) is 48.1. The Labute approximate surface area is 301 Å². The van der Waals surface area contributed by atoms with Gasteiger partial charge in [-0.3, -0.25) is 14.4 Å². The molecule has 0 aromatic carbocycles. The molecule has 0 aromatic rings. The summed E-state index contributed by atoms with van der Waals surface area (Å²) in [6.45, 7) is 4.10. The lowest BCUT2D eigenvalue weighted by Gasteiger charge is -2.18. The van der Waals surface area contributed by atoms with E-state index in [1.165, 1.54) is 83.5 Å². The second-order valence-corrected chi connectivity index (χ2v) is 13.5. The zero-order valence-electron chi connectivity index (χ0n) is 31.8. The van der Waals surface area contributed by atoms with Gasteiger partial charge in [-0.05, 0) is 64.2 Å². The SMILES string of the molecule is CC/C=C\C/C=C\C/C=C\C/C=C\CCC(=O)OC(CCCCCCCCCCCCCCCC)CCCCCCCC(=O)NCC(=O)O. The van der Waals surface area contributed by atoms with Crippen molar-refractivity contribution in [3.05, 3.63) is 48.6 Å². The number of ether oxygens (including phenoxy) is 1. The second-order valence-electron chi connectivity index (χ2n) is 13.5. The van der Waals surface area contributed by atoms with Gasteiger partial charge in [0.05, 0.1) is 0 Å². The summed E-state index contributed by atoms with van der Waals surface area (Å²) >= 11 is 0. The van der Waals surface area contributed by atoms with Crippen molar-refractivity contribution in [1.29, 1.82) is 0 Å². The number of aliphatic carboxylic acids is 1. The van der Waals surface area contributed by atoms with Crippen molar-refractivity contribution >= 4 is 17.8 Å². The molecule has 1 atom stereocenters. The van der Waals surface area contributed by atoms with Gasteiger partial charge in [-0.2, -0.15) is 0 Å². The van der Waals surface area contributed by atoms with Gasteiger partial charge in [-0.15, -0.1) is 0 Å². The maximum Gasteiger partial charge on any atom is 0.322 e. The fraction of sp³-hybridized carbons (Fsp3) is 0.744. The van der Waals surface area contributed by atoms with Gasteiger partial charge >= 0.3 is 11.9 Å². The standard InChI is InChI=1S/C43H75NO5/c1-3-5-7-9-11-13-15-17-19-20-22-24-27-31-35-40(36-32-28-26-29-33-37-41(45)44-39-42(46)47)49-43(48)38-34-30-25-23-21-18-16-14-12-10-8-6-4-2/h6,8,12,14,18,21,25,30,40H,3-5,7,9-11,13,15-17,19-20,22-24,26-29,31-39H2,1-2H3,(H,44,45)(H,46,47)/b8-6-,14-12-,21-18-,30-25-. The molecule has 0 aliphatic rings. The molecule has 49 heavy (non-hydrogen) atoms. The number of carbonyl (C=O) groups is 3. The monoisotopic (exact) mass is 686 g/mol. The van der Waals surface area contributed by atoms with Crippen LogP contribution in [0.1, 0.15) is 194 Å². The van der Waals surface area contributed by atoms with E-state index in [-0.39, 0.29) is 24.5 Å². The van der Waals surface area contributed by atoms with E-state index in [1.54, 1.807) is 0 Å². The highest BCUT2D eigenvalue weighted by Crippen LogP contribution is 2.18. The molecule has 0 bridgehead atoms. The predicted octanol–water partition coefficient (Wildman–Crippen LogP) is 12.3. The van der Waals surface area contributed by atoms with Crippen molar-refractivity contribution in [3.63, 3.8) is 0 Å². The normalized spacial score (nSPS) is 12.5. The van der Waals surface area contributed by atoms with Gasteiger partial charge in [0.2, 0.25) is 5.91 Å². The lowest BCUT2D eigenvalue weighted by molar-refractivity contribution is -0.149. The molecule has 0 saturated heterocycles. The topological polar surface area (TPSA) is 92.7 Å². The quantitative estimate of drug-likeness (QED) is 0.0389. The van der Waals surface area contributed by atoms with Crippen molar-refractivity contribution in [2.45, 2.75) is 200 Å². The Morgan fingerprint density at radius 3 is 1.45 bits per heavy atom. The molecule has 0 fully saturated rings. The Kier molecular flexibility index (Phi) is 36.1. The number of carbonyl (C=O) groups excluding carboxylic acids is 2. The van der Waals surface area contributed by atoms with E-state index in [2.05, 4.69) is 67.8 Å². The Bertz CT molecular complexity index is 891. The van der Waals surface area contributed by atoms with Crippen molar-refractivity contribution < 1.29 is 24.2 Å². The van der Waals surface area contributed by atoms with Crippen LogP contribution in [0, 0.1) is 0 Å². The van der Waals surface area contributed by atoms with Crippen LogP contribution in [0.25, 0.3) is 0 Å². The average Bonchev–Trinajstić information content (AvgIpc) is 3.08. The molecular formula is C43H75NO5. The molecule has 6 nitrogen and oxygen atoms in total. The summed E-state index contributed by atoms with van der Waals surface area (Å²) in [7, 11) is 0. The Morgan fingerprint density at radius 2 is 0.980 bits per heavy atom. The fourth-order valence-corrected chi connectivity index (χ4v) is 5.82. The average molecular weight is 686 g/mol. The molecule has 6 heteroatoms. The first-order valence-electron chi connectivity index (χ1n) is 20.3. The maximum absolute atomic E-state index is 12.7. The lowest BCUT2D eigenvalue weighted by Crippen LogP contribution is -2.28. The Hall–Kier alpha value is -2.63. The third-order valence-electron chi connectivity index (χ3n) is 8.78. The van der Waals surface area contributed by atoms with Gasteiger partial charge < -0.3 is 15.2 Å². The third-order valence-corrected chi connectivity index (χ3v) is 8.78. The number of carboxylic acids is 1.